The molecule has 106 valence electrons. The van der Waals surface area contributed by atoms with Gasteiger partial charge < -0.3 is 20.7 Å². The molecule has 3 N–H and O–H groups in total. The third-order valence-electron chi connectivity index (χ3n) is 2.88. The van der Waals surface area contributed by atoms with E-state index in [0.29, 0.717) is 13.2 Å². The van der Waals surface area contributed by atoms with E-state index in [-0.39, 0.29) is 11.6 Å². The molecule has 1 unspecified atom stereocenters. The summed E-state index contributed by atoms with van der Waals surface area (Å²) in [6.07, 6.45) is 1.68. The van der Waals surface area contributed by atoms with Gasteiger partial charge in [0, 0.05) is 31.2 Å². The minimum Gasteiger partial charge on any atom is -0.373 e. The molecule has 2 heterocycles. The van der Waals surface area contributed by atoms with E-state index >= 15 is 0 Å². The first kappa shape index (κ1) is 14.0. The van der Waals surface area contributed by atoms with E-state index in [1.54, 1.807) is 6.33 Å². The second kappa shape index (κ2) is 5.71. The summed E-state index contributed by atoms with van der Waals surface area (Å²) in [6.45, 7) is 9.16. The van der Waals surface area contributed by atoms with Gasteiger partial charge in [0.05, 0.1) is 12.7 Å². The zero-order valence-corrected chi connectivity index (χ0v) is 11.9. The van der Waals surface area contributed by atoms with Crippen molar-refractivity contribution in [2.45, 2.75) is 32.4 Å². The fourth-order valence-electron chi connectivity index (χ4n) is 2.04. The number of ether oxygens (including phenoxy) is 1. The summed E-state index contributed by atoms with van der Waals surface area (Å²) in [7, 11) is 0. The molecule has 1 aromatic heterocycles. The quantitative estimate of drug-likeness (QED) is 0.844. The first-order valence-corrected chi connectivity index (χ1v) is 6.65. The van der Waals surface area contributed by atoms with Gasteiger partial charge in [0.25, 0.3) is 0 Å². The number of nitrogens with one attached hydrogen (secondary N) is 1. The fourth-order valence-corrected chi connectivity index (χ4v) is 2.04. The molecule has 6 heteroatoms. The van der Waals surface area contributed by atoms with Crippen molar-refractivity contribution in [3.8, 4) is 0 Å². The number of nitrogens with zero attached hydrogens (tertiary/aromatic N) is 3. The maximum absolute atomic E-state index is 5.66. The molecule has 0 aromatic carbocycles. The lowest BCUT2D eigenvalue weighted by molar-refractivity contribution is 0.0463. The molecule has 0 amide bonds. The summed E-state index contributed by atoms with van der Waals surface area (Å²) in [4.78, 5) is 10.8. The summed E-state index contributed by atoms with van der Waals surface area (Å²) < 4.78 is 5.56. The summed E-state index contributed by atoms with van der Waals surface area (Å²) in [5.74, 6) is 1.76. The third-order valence-corrected chi connectivity index (χ3v) is 2.88. The van der Waals surface area contributed by atoms with Gasteiger partial charge in [-0.2, -0.15) is 0 Å². The Kier molecular flexibility index (Phi) is 4.21. The average Bonchev–Trinajstić information content (AvgIpc) is 2.37. The van der Waals surface area contributed by atoms with Crippen LogP contribution in [0.4, 0.5) is 11.6 Å². The van der Waals surface area contributed by atoms with Crippen molar-refractivity contribution in [3.63, 3.8) is 0 Å². The number of hydrogen-bond donors (Lipinski definition) is 2. The maximum atomic E-state index is 5.66. The Morgan fingerprint density at radius 3 is 2.95 bits per heavy atom. The Morgan fingerprint density at radius 2 is 2.26 bits per heavy atom. The standard InChI is InChI=1S/C13H23N5O/c1-13(2,3)17-11-6-12(16-9-15-11)18-4-5-19-10(7-14)8-18/h6,9-10H,4-5,7-8,14H2,1-3H3,(H,15,16,17). The van der Waals surface area contributed by atoms with Crippen LogP contribution in [0.3, 0.4) is 0 Å². The molecule has 0 aliphatic carbocycles. The molecule has 1 aliphatic heterocycles. The summed E-state index contributed by atoms with van der Waals surface area (Å²) in [6, 6.07) is 1.98. The Labute approximate surface area is 114 Å². The van der Waals surface area contributed by atoms with Gasteiger partial charge in [0.2, 0.25) is 0 Å². The van der Waals surface area contributed by atoms with Gasteiger partial charge in [-0.3, -0.25) is 0 Å². The lowest BCUT2D eigenvalue weighted by atomic mass is 10.1. The highest BCUT2D eigenvalue weighted by Gasteiger charge is 2.21. The van der Waals surface area contributed by atoms with Gasteiger partial charge in [-0.1, -0.05) is 0 Å². The molecular formula is C13H23N5O. The minimum atomic E-state index is -0.0174. The first-order valence-electron chi connectivity index (χ1n) is 6.65. The Morgan fingerprint density at radius 1 is 1.47 bits per heavy atom. The number of aromatic nitrogens is 2. The second-order valence-electron chi connectivity index (χ2n) is 5.81. The van der Waals surface area contributed by atoms with Crippen LogP contribution < -0.4 is 16.0 Å². The van der Waals surface area contributed by atoms with E-state index in [1.807, 2.05) is 6.07 Å². The van der Waals surface area contributed by atoms with Crippen molar-refractivity contribution in [2.24, 2.45) is 5.73 Å². The SMILES string of the molecule is CC(C)(C)Nc1cc(N2CCOC(CN)C2)ncn1. The van der Waals surface area contributed by atoms with Crippen LogP contribution in [0.15, 0.2) is 12.4 Å². The normalized spacial score (nSPS) is 20.4. The van der Waals surface area contributed by atoms with E-state index < -0.39 is 0 Å². The van der Waals surface area contributed by atoms with Crippen LogP contribution in [-0.2, 0) is 4.74 Å². The van der Waals surface area contributed by atoms with Gasteiger partial charge >= 0.3 is 0 Å². The van der Waals surface area contributed by atoms with Crippen LogP contribution in [0.2, 0.25) is 0 Å². The molecule has 1 fully saturated rings. The molecule has 1 aliphatic rings. The monoisotopic (exact) mass is 265 g/mol. The molecule has 0 radical (unpaired) electrons. The molecule has 1 atom stereocenters. The predicted molar refractivity (Wildman–Crippen MR) is 76.4 cm³/mol. The molecule has 1 saturated heterocycles. The van der Waals surface area contributed by atoms with Crippen molar-refractivity contribution >= 4 is 11.6 Å². The van der Waals surface area contributed by atoms with Crippen LogP contribution in [0.1, 0.15) is 20.8 Å². The highest BCUT2D eigenvalue weighted by Crippen LogP contribution is 2.19. The van der Waals surface area contributed by atoms with Gasteiger partial charge in [0.1, 0.15) is 18.0 Å². The Hall–Kier alpha value is -1.40. The highest BCUT2D eigenvalue weighted by molar-refractivity contribution is 5.49. The fraction of sp³-hybridized carbons (Fsp3) is 0.692. The molecular weight excluding hydrogens is 242 g/mol. The van der Waals surface area contributed by atoms with E-state index in [1.165, 1.54) is 0 Å². The number of morpholine rings is 1. The number of hydrogen-bond acceptors (Lipinski definition) is 6. The predicted octanol–water partition coefficient (Wildman–Crippen LogP) is 0.851. The van der Waals surface area contributed by atoms with Crippen LogP contribution in [0.25, 0.3) is 0 Å². The van der Waals surface area contributed by atoms with Crippen LogP contribution in [0, 0.1) is 0 Å². The molecule has 2 rings (SSSR count). The molecule has 19 heavy (non-hydrogen) atoms. The van der Waals surface area contributed by atoms with Crippen LogP contribution in [0.5, 0.6) is 0 Å². The first-order chi connectivity index (χ1) is 8.98. The lowest BCUT2D eigenvalue weighted by Gasteiger charge is -2.33. The zero-order valence-electron chi connectivity index (χ0n) is 11.9. The van der Waals surface area contributed by atoms with Crippen molar-refractivity contribution in [1.82, 2.24) is 9.97 Å². The number of nitrogens with two attached hydrogens (primary N) is 1. The van der Waals surface area contributed by atoms with Gasteiger partial charge in [-0.15, -0.1) is 0 Å². The van der Waals surface area contributed by atoms with Crippen molar-refractivity contribution < 1.29 is 4.74 Å². The summed E-state index contributed by atoms with van der Waals surface area (Å²) in [5, 5.41) is 3.35. The van der Waals surface area contributed by atoms with Crippen LogP contribution >= 0.6 is 0 Å². The third kappa shape index (κ3) is 4.04. The van der Waals surface area contributed by atoms with E-state index in [9.17, 15) is 0 Å². The van der Waals surface area contributed by atoms with E-state index in [2.05, 4.69) is 41.0 Å². The minimum absolute atomic E-state index is 0.0174. The van der Waals surface area contributed by atoms with E-state index in [0.717, 1.165) is 24.7 Å². The molecule has 0 spiro atoms. The topological polar surface area (TPSA) is 76.3 Å². The lowest BCUT2D eigenvalue weighted by Crippen LogP contribution is -2.46. The number of anilines is 2. The Bertz CT molecular complexity index is 418. The average molecular weight is 265 g/mol. The van der Waals surface area contributed by atoms with Crippen molar-refractivity contribution in [1.29, 1.82) is 0 Å². The van der Waals surface area contributed by atoms with Crippen molar-refractivity contribution in [3.05, 3.63) is 12.4 Å². The van der Waals surface area contributed by atoms with E-state index in [4.69, 9.17) is 10.5 Å². The number of rotatable bonds is 3. The summed E-state index contributed by atoms with van der Waals surface area (Å²) >= 11 is 0. The molecule has 1 aromatic rings. The molecule has 6 nitrogen and oxygen atoms in total. The molecule has 0 saturated carbocycles. The summed E-state index contributed by atoms with van der Waals surface area (Å²) in [5.41, 5.74) is 5.64. The van der Waals surface area contributed by atoms with Gasteiger partial charge in [0.15, 0.2) is 0 Å². The highest BCUT2D eigenvalue weighted by atomic mass is 16.5. The van der Waals surface area contributed by atoms with Gasteiger partial charge in [-0.05, 0) is 20.8 Å². The van der Waals surface area contributed by atoms with Gasteiger partial charge in [-0.25, -0.2) is 9.97 Å². The maximum Gasteiger partial charge on any atom is 0.134 e. The molecule has 0 bridgehead atoms. The smallest absolute Gasteiger partial charge is 0.134 e. The Balaban J connectivity index is 2.09. The second-order valence-corrected chi connectivity index (χ2v) is 5.81. The largest absolute Gasteiger partial charge is 0.373 e. The van der Waals surface area contributed by atoms with Crippen LogP contribution in [-0.4, -0.2) is 47.9 Å². The van der Waals surface area contributed by atoms with Crippen molar-refractivity contribution in [2.75, 3.05) is 36.5 Å². The zero-order chi connectivity index (χ0) is 13.9.